The molecule has 108 valence electrons. The van der Waals surface area contributed by atoms with Crippen molar-refractivity contribution in [3.05, 3.63) is 45.3 Å². The first-order valence-corrected chi connectivity index (χ1v) is 7.05. The average molecular weight is 341 g/mol. The molecular formula is C14H17BrN2O3. The Morgan fingerprint density at radius 3 is 2.70 bits per heavy atom. The molecule has 2 atom stereocenters. The third-order valence-electron chi connectivity index (χ3n) is 2.98. The maximum absolute atomic E-state index is 12.2. The van der Waals surface area contributed by atoms with Crippen LogP contribution in [0.1, 0.15) is 18.7 Å². The lowest BCUT2D eigenvalue weighted by molar-refractivity contribution is -0.0476. The molecule has 0 fully saturated rings. The third-order valence-corrected chi connectivity index (χ3v) is 3.54. The average Bonchev–Trinajstić information content (AvgIpc) is 2.46. The first-order chi connectivity index (χ1) is 9.29. The molecular weight excluding hydrogens is 324 g/mol. The van der Waals surface area contributed by atoms with E-state index in [0.717, 1.165) is 4.57 Å². The second-order valence-electron chi connectivity index (χ2n) is 4.55. The van der Waals surface area contributed by atoms with Gasteiger partial charge in [-0.2, -0.15) is 0 Å². The highest BCUT2D eigenvalue weighted by molar-refractivity contribution is 9.09. The Bertz CT molecular complexity index is 668. The number of rotatable bonds is 5. The van der Waals surface area contributed by atoms with Crippen LogP contribution in [0.5, 0.6) is 0 Å². The molecule has 0 amide bonds. The van der Waals surface area contributed by atoms with Crippen LogP contribution in [0, 0.1) is 19.3 Å². The first-order valence-electron chi connectivity index (χ1n) is 5.93. The molecule has 0 bridgehead atoms. The van der Waals surface area contributed by atoms with E-state index in [0.29, 0.717) is 10.9 Å². The predicted octanol–water partition coefficient (Wildman–Crippen LogP) is 1.34. The van der Waals surface area contributed by atoms with Gasteiger partial charge >= 0.3 is 5.69 Å². The number of hydrogen-bond acceptors (Lipinski definition) is 3. The molecule has 6 heteroatoms. The molecule has 1 aromatic rings. The van der Waals surface area contributed by atoms with Gasteiger partial charge < -0.3 is 4.74 Å². The van der Waals surface area contributed by atoms with Gasteiger partial charge in [0.05, 0.1) is 0 Å². The lowest BCUT2D eigenvalue weighted by Crippen LogP contribution is -2.43. The Hall–Kier alpha value is -1.58. The van der Waals surface area contributed by atoms with Crippen LogP contribution in [0.15, 0.2) is 28.4 Å². The molecule has 1 heterocycles. The summed E-state index contributed by atoms with van der Waals surface area (Å²) in [6.45, 7) is 6.94. The van der Waals surface area contributed by atoms with E-state index in [1.807, 2.05) is 0 Å². The normalized spacial score (nSPS) is 15.2. The first kappa shape index (κ1) is 16.5. The third kappa shape index (κ3) is 3.11. The minimum Gasteiger partial charge on any atom is -0.335 e. The summed E-state index contributed by atoms with van der Waals surface area (Å²) in [5, 5.41) is 0.343. The minimum atomic E-state index is -1.000. The second-order valence-corrected chi connectivity index (χ2v) is 5.20. The van der Waals surface area contributed by atoms with E-state index in [4.69, 9.17) is 11.2 Å². The fourth-order valence-corrected chi connectivity index (χ4v) is 2.08. The Balaban J connectivity index is 3.35. The molecule has 0 aromatic carbocycles. The van der Waals surface area contributed by atoms with Crippen molar-refractivity contribution in [3.63, 3.8) is 0 Å². The number of alkyl halides is 1. The molecule has 0 aliphatic heterocycles. The predicted molar refractivity (Wildman–Crippen MR) is 82.0 cm³/mol. The van der Waals surface area contributed by atoms with Crippen LogP contribution in [0.3, 0.4) is 0 Å². The van der Waals surface area contributed by atoms with E-state index in [9.17, 15) is 9.59 Å². The highest BCUT2D eigenvalue weighted by atomic mass is 79.9. The molecule has 0 aliphatic rings. The number of aryl methyl sites for hydroxylation is 1. The summed E-state index contributed by atoms with van der Waals surface area (Å²) >= 11 is 3.29. The molecule has 5 nitrogen and oxygen atoms in total. The largest absolute Gasteiger partial charge is 0.335 e. The maximum atomic E-state index is 12.2. The van der Waals surface area contributed by atoms with E-state index in [-0.39, 0.29) is 5.56 Å². The standard InChI is InChI=1S/C14H17BrN2O3/c1-6-14(4,7-2)20-11(8-15)17-9-10(3)12(18)16(5)13(17)19/h1,7,9,11H,2,8H2,3-5H3. The van der Waals surface area contributed by atoms with Crippen molar-refractivity contribution in [2.45, 2.75) is 25.7 Å². The highest BCUT2D eigenvalue weighted by Gasteiger charge is 2.25. The Morgan fingerprint density at radius 1 is 1.65 bits per heavy atom. The Kier molecular flexibility index (Phi) is 5.15. The zero-order valence-corrected chi connectivity index (χ0v) is 13.3. The second kappa shape index (κ2) is 6.25. The maximum Gasteiger partial charge on any atom is 0.332 e. The lowest BCUT2D eigenvalue weighted by Gasteiger charge is -2.27. The molecule has 0 saturated carbocycles. The summed E-state index contributed by atoms with van der Waals surface area (Å²) < 4.78 is 8.12. The van der Waals surface area contributed by atoms with Crippen molar-refractivity contribution in [2.24, 2.45) is 7.05 Å². The van der Waals surface area contributed by atoms with Gasteiger partial charge in [0.1, 0.15) is 11.8 Å². The fourth-order valence-electron chi connectivity index (χ4n) is 1.64. The number of nitrogens with zero attached hydrogens (tertiary/aromatic N) is 2. The van der Waals surface area contributed by atoms with Gasteiger partial charge in [-0.15, -0.1) is 6.42 Å². The zero-order valence-electron chi connectivity index (χ0n) is 11.7. The van der Waals surface area contributed by atoms with Crippen LogP contribution >= 0.6 is 15.9 Å². The van der Waals surface area contributed by atoms with Gasteiger partial charge in [-0.1, -0.05) is 28.4 Å². The fraction of sp³-hybridized carbons (Fsp3) is 0.429. The van der Waals surface area contributed by atoms with Crippen LogP contribution in [0.25, 0.3) is 0 Å². The number of hydrogen-bond donors (Lipinski definition) is 0. The minimum absolute atomic E-state index is 0.331. The molecule has 0 N–H and O–H groups in total. The lowest BCUT2D eigenvalue weighted by atomic mass is 10.1. The van der Waals surface area contributed by atoms with E-state index < -0.39 is 17.5 Å². The van der Waals surface area contributed by atoms with Gasteiger partial charge in [0.2, 0.25) is 0 Å². The summed E-state index contributed by atoms with van der Waals surface area (Å²) in [6.07, 6.45) is 7.73. The van der Waals surface area contributed by atoms with Crippen molar-refractivity contribution in [3.8, 4) is 12.3 Å². The van der Waals surface area contributed by atoms with Gasteiger partial charge in [0.25, 0.3) is 5.56 Å². The highest BCUT2D eigenvalue weighted by Crippen LogP contribution is 2.20. The number of terminal acetylenes is 1. The van der Waals surface area contributed by atoms with Crippen molar-refractivity contribution >= 4 is 15.9 Å². The molecule has 2 unspecified atom stereocenters. The number of ether oxygens (including phenoxy) is 1. The van der Waals surface area contributed by atoms with Crippen molar-refractivity contribution in [1.29, 1.82) is 0 Å². The van der Waals surface area contributed by atoms with Crippen LogP contribution in [-0.2, 0) is 11.8 Å². The summed E-state index contributed by atoms with van der Waals surface area (Å²) in [5.41, 5.74) is -1.35. The molecule has 1 aromatic heterocycles. The topological polar surface area (TPSA) is 53.2 Å². The van der Waals surface area contributed by atoms with Crippen LogP contribution in [0.4, 0.5) is 0 Å². The molecule has 0 saturated heterocycles. The van der Waals surface area contributed by atoms with Gasteiger partial charge in [-0.05, 0) is 19.9 Å². The summed E-state index contributed by atoms with van der Waals surface area (Å²) in [5.74, 6) is 2.48. The number of halogens is 1. The van der Waals surface area contributed by atoms with Gasteiger partial charge in [0.15, 0.2) is 0 Å². The van der Waals surface area contributed by atoms with Gasteiger partial charge in [0, 0.05) is 24.1 Å². The molecule has 0 radical (unpaired) electrons. The monoisotopic (exact) mass is 340 g/mol. The number of aromatic nitrogens is 2. The SMILES string of the molecule is C#CC(C)(C=C)OC(CBr)n1cc(C)c(=O)n(C)c1=O. The van der Waals surface area contributed by atoms with Crippen LogP contribution in [-0.4, -0.2) is 20.1 Å². The molecule has 20 heavy (non-hydrogen) atoms. The van der Waals surface area contributed by atoms with E-state index in [1.165, 1.54) is 23.9 Å². The summed E-state index contributed by atoms with van der Waals surface area (Å²) in [7, 11) is 1.42. The summed E-state index contributed by atoms with van der Waals surface area (Å²) in [6, 6.07) is 0. The van der Waals surface area contributed by atoms with Crippen molar-refractivity contribution in [2.75, 3.05) is 5.33 Å². The van der Waals surface area contributed by atoms with Crippen LogP contribution in [0.2, 0.25) is 0 Å². The van der Waals surface area contributed by atoms with Gasteiger partial charge in [-0.25, -0.2) is 4.79 Å². The van der Waals surface area contributed by atoms with Crippen molar-refractivity contribution in [1.82, 2.24) is 9.13 Å². The Morgan fingerprint density at radius 2 is 2.25 bits per heavy atom. The molecule has 1 rings (SSSR count). The molecule has 0 aliphatic carbocycles. The van der Waals surface area contributed by atoms with Crippen LogP contribution < -0.4 is 11.2 Å². The zero-order chi connectivity index (χ0) is 15.5. The quantitative estimate of drug-likeness (QED) is 0.461. The van der Waals surface area contributed by atoms with E-state index in [1.54, 1.807) is 13.8 Å². The van der Waals surface area contributed by atoms with E-state index in [2.05, 4.69) is 28.4 Å². The molecule has 0 spiro atoms. The van der Waals surface area contributed by atoms with Gasteiger partial charge in [-0.3, -0.25) is 13.9 Å². The van der Waals surface area contributed by atoms with E-state index >= 15 is 0 Å². The summed E-state index contributed by atoms with van der Waals surface area (Å²) in [4.78, 5) is 23.9. The Labute approximate surface area is 126 Å². The smallest absolute Gasteiger partial charge is 0.332 e. The van der Waals surface area contributed by atoms with Crippen molar-refractivity contribution < 1.29 is 4.74 Å².